The van der Waals surface area contributed by atoms with Crippen LogP contribution < -0.4 is 24.8 Å². The number of rotatable bonds is 8. The monoisotopic (exact) mass is 433 g/mol. The molecular formula is C24H23N3O5. The molecule has 2 N–H and O–H groups in total. The summed E-state index contributed by atoms with van der Waals surface area (Å²) in [7, 11) is 4.66. The zero-order valence-corrected chi connectivity index (χ0v) is 17.9. The van der Waals surface area contributed by atoms with Gasteiger partial charge in [0, 0.05) is 31.1 Å². The average Bonchev–Trinajstić information content (AvgIpc) is 2.83. The highest BCUT2D eigenvalue weighted by Crippen LogP contribution is 2.28. The van der Waals surface area contributed by atoms with Gasteiger partial charge in [0.15, 0.2) is 11.5 Å². The normalized spacial score (nSPS) is 10.5. The first-order chi connectivity index (χ1) is 15.5. The van der Waals surface area contributed by atoms with Crippen LogP contribution in [0, 0.1) is 0 Å². The molecule has 3 aromatic rings. The number of pyridine rings is 1. The number of aromatic nitrogens is 1. The lowest BCUT2D eigenvalue weighted by molar-refractivity contribution is -0.111. The van der Waals surface area contributed by atoms with Gasteiger partial charge in [-0.05, 0) is 54.1 Å². The Morgan fingerprint density at radius 3 is 2.34 bits per heavy atom. The second kappa shape index (κ2) is 10.6. The van der Waals surface area contributed by atoms with Crippen molar-refractivity contribution in [3.05, 3.63) is 78.1 Å². The molecule has 0 aliphatic rings. The van der Waals surface area contributed by atoms with Gasteiger partial charge >= 0.3 is 0 Å². The van der Waals surface area contributed by atoms with Gasteiger partial charge in [0.05, 0.1) is 14.2 Å². The van der Waals surface area contributed by atoms with Gasteiger partial charge < -0.3 is 24.8 Å². The average molecular weight is 433 g/mol. The Balaban J connectivity index is 1.60. The summed E-state index contributed by atoms with van der Waals surface area (Å²) in [6, 6.07) is 15.5. The minimum atomic E-state index is -0.297. The molecule has 0 unspecified atom stereocenters. The Morgan fingerprint density at radius 2 is 1.66 bits per heavy atom. The van der Waals surface area contributed by atoms with Crippen molar-refractivity contribution in [2.45, 2.75) is 0 Å². The largest absolute Gasteiger partial charge is 0.493 e. The number of amides is 2. The molecule has 0 saturated heterocycles. The zero-order chi connectivity index (χ0) is 22.9. The summed E-state index contributed by atoms with van der Waals surface area (Å²) >= 11 is 0. The summed E-state index contributed by atoms with van der Waals surface area (Å²) in [4.78, 5) is 27.9. The van der Waals surface area contributed by atoms with Crippen LogP contribution in [-0.2, 0) is 4.79 Å². The third kappa shape index (κ3) is 5.85. The van der Waals surface area contributed by atoms with Crippen molar-refractivity contribution in [1.82, 2.24) is 10.3 Å². The van der Waals surface area contributed by atoms with Crippen LogP contribution in [0.1, 0.15) is 16.1 Å². The third-order valence-corrected chi connectivity index (χ3v) is 4.38. The Hall–Kier alpha value is -4.33. The number of anilines is 1. The van der Waals surface area contributed by atoms with Crippen LogP contribution in [0.5, 0.6) is 23.0 Å². The molecule has 0 aliphatic carbocycles. The fourth-order valence-corrected chi connectivity index (χ4v) is 2.78. The van der Waals surface area contributed by atoms with E-state index in [2.05, 4.69) is 15.6 Å². The molecular weight excluding hydrogens is 410 g/mol. The third-order valence-electron chi connectivity index (χ3n) is 4.38. The van der Waals surface area contributed by atoms with E-state index < -0.39 is 0 Å². The molecule has 32 heavy (non-hydrogen) atoms. The molecule has 0 fully saturated rings. The van der Waals surface area contributed by atoms with Gasteiger partial charge in [-0.25, -0.2) is 0 Å². The van der Waals surface area contributed by atoms with E-state index in [9.17, 15) is 9.59 Å². The minimum Gasteiger partial charge on any atom is -0.493 e. The number of hydrogen-bond acceptors (Lipinski definition) is 6. The molecule has 0 spiro atoms. The van der Waals surface area contributed by atoms with Crippen molar-refractivity contribution in [2.75, 3.05) is 26.6 Å². The maximum absolute atomic E-state index is 12.2. The van der Waals surface area contributed by atoms with Gasteiger partial charge in [-0.15, -0.1) is 0 Å². The molecule has 1 aromatic heterocycles. The number of benzene rings is 2. The van der Waals surface area contributed by atoms with Crippen LogP contribution in [0.25, 0.3) is 6.08 Å². The Labute approximate surface area is 185 Å². The molecule has 3 rings (SSSR count). The van der Waals surface area contributed by atoms with E-state index in [4.69, 9.17) is 14.2 Å². The molecule has 8 heteroatoms. The fraction of sp³-hybridized carbons (Fsp3) is 0.125. The first-order valence-corrected chi connectivity index (χ1v) is 9.69. The molecule has 0 bridgehead atoms. The van der Waals surface area contributed by atoms with E-state index >= 15 is 0 Å². The van der Waals surface area contributed by atoms with Crippen molar-refractivity contribution in [1.29, 1.82) is 0 Å². The van der Waals surface area contributed by atoms with E-state index in [0.717, 1.165) is 5.56 Å². The van der Waals surface area contributed by atoms with Crippen molar-refractivity contribution >= 4 is 23.6 Å². The van der Waals surface area contributed by atoms with Gasteiger partial charge in [-0.3, -0.25) is 14.6 Å². The predicted octanol–water partition coefficient (Wildman–Crippen LogP) is 3.90. The lowest BCUT2D eigenvalue weighted by Crippen LogP contribution is -2.18. The maximum atomic E-state index is 12.2. The van der Waals surface area contributed by atoms with Gasteiger partial charge in [0.1, 0.15) is 17.2 Å². The molecule has 8 nitrogen and oxygen atoms in total. The Bertz CT molecular complexity index is 1130. The van der Waals surface area contributed by atoms with E-state index in [-0.39, 0.29) is 17.5 Å². The fourth-order valence-electron chi connectivity index (χ4n) is 2.78. The lowest BCUT2D eigenvalue weighted by Gasteiger charge is -2.08. The smallest absolute Gasteiger partial charge is 0.269 e. The standard InChI is InChI=1S/C24H23N3O5/c1-25-24(29)20-15-19(12-13-26-20)32-18-8-6-17(7-9-18)27-23(28)11-5-16-4-10-21(30-2)22(14-16)31-3/h4-15H,1-3H3,(H,25,29)(H,27,28)/b11-5+. The molecule has 0 saturated carbocycles. The summed E-state index contributed by atoms with van der Waals surface area (Å²) in [5.41, 5.74) is 1.67. The van der Waals surface area contributed by atoms with Crippen LogP contribution in [-0.4, -0.2) is 38.1 Å². The Morgan fingerprint density at radius 1 is 0.906 bits per heavy atom. The summed E-state index contributed by atoms with van der Waals surface area (Å²) in [5.74, 6) is 1.66. The first kappa shape index (κ1) is 22.4. The minimum absolute atomic E-state index is 0.259. The quantitative estimate of drug-likeness (QED) is 0.523. The summed E-state index contributed by atoms with van der Waals surface area (Å²) < 4.78 is 16.2. The lowest BCUT2D eigenvalue weighted by atomic mass is 10.2. The zero-order valence-electron chi connectivity index (χ0n) is 17.9. The molecule has 0 radical (unpaired) electrons. The second-order valence-electron chi connectivity index (χ2n) is 6.52. The molecule has 0 aliphatic heterocycles. The molecule has 0 atom stereocenters. The van der Waals surface area contributed by atoms with Crippen molar-refractivity contribution < 1.29 is 23.8 Å². The number of ether oxygens (including phenoxy) is 3. The number of methoxy groups -OCH3 is 2. The SMILES string of the molecule is CNC(=O)c1cc(Oc2ccc(NC(=O)/C=C/c3ccc(OC)c(OC)c3)cc2)ccn1. The Kier molecular flexibility index (Phi) is 7.42. The summed E-state index contributed by atoms with van der Waals surface area (Å²) in [5, 5.41) is 5.30. The first-order valence-electron chi connectivity index (χ1n) is 9.69. The van der Waals surface area contributed by atoms with Crippen LogP contribution in [0.3, 0.4) is 0 Å². The van der Waals surface area contributed by atoms with Crippen LogP contribution in [0.4, 0.5) is 5.69 Å². The highest BCUT2D eigenvalue weighted by Gasteiger charge is 2.07. The summed E-state index contributed by atoms with van der Waals surface area (Å²) in [6.45, 7) is 0. The number of nitrogens with zero attached hydrogens (tertiary/aromatic N) is 1. The predicted molar refractivity (Wildman–Crippen MR) is 121 cm³/mol. The van der Waals surface area contributed by atoms with Crippen LogP contribution in [0.2, 0.25) is 0 Å². The van der Waals surface area contributed by atoms with E-state index in [0.29, 0.717) is 28.7 Å². The van der Waals surface area contributed by atoms with Gasteiger partial charge in [-0.1, -0.05) is 6.07 Å². The molecule has 164 valence electrons. The highest BCUT2D eigenvalue weighted by atomic mass is 16.5. The van der Waals surface area contributed by atoms with Crippen LogP contribution >= 0.6 is 0 Å². The van der Waals surface area contributed by atoms with Crippen LogP contribution in [0.15, 0.2) is 66.9 Å². The van der Waals surface area contributed by atoms with Crippen molar-refractivity contribution in [3.8, 4) is 23.0 Å². The van der Waals surface area contributed by atoms with Gasteiger partial charge in [-0.2, -0.15) is 0 Å². The molecule has 2 aromatic carbocycles. The number of carbonyl (C=O) groups excluding carboxylic acids is 2. The number of hydrogen-bond donors (Lipinski definition) is 2. The topological polar surface area (TPSA) is 98.8 Å². The molecule has 1 heterocycles. The van der Waals surface area contributed by atoms with Crippen molar-refractivity contribution in [2.24, 2.45) is 0 Å². The van der Waals surface area contributed by atoms with Crippen molar-refractivity contribution in [3.63, 3.8) is 0 Å². The highest BCUT2D eigenvalue weighted by molar-refractivity contribution is 6.02. The summed E-state index contributed by atoms with van der Waals surface area (Å²) in [6.07, 6.45) is 4.62. The number of nitrogens with one attached hydrogen (secondary N) is 2. The number of carbonyl (C=O) groups is 2. The van der Waals surface area contributed by atoms with E-state index in [1.165, 1.54) is 19.3 Å². The maximum Gasteiger partial charge on any atom is 0.269 e. The van der Waals surface area contributed by atoms with Gasteiger partial charge in [0.2, 0.25) is 5.91 Å². The van der Waals surface area contributed by atoms with E-state index in [1.54, 1.807) is 68.8 Å². The van der Waals surface area contributed by atoms with E-state index in [1.807, 2.05) is 6.07 Å². The van der Waals surface area contributed by atoms with Gasteiger partial charge in [0.25, 0.3) is 5.91 Å². The molecule has 2 amide bonds. The second-order valence-corrected chi connectivity index (χ2v) is 6.52.